The first-order valence-corrected chi connectivity index (χ1v) is 7.62. The molecule has 1 fully saturated rings. The van der Waals surface area contributed by atoms with E-state index in [9.17, 15) is 4.79 Å². The largest absolute Gasteiger partial charge is 0.478 e. The standard InChI is InChI=1S/C14H20N2O2S/c1-11-4-2-3-8-16(11)9-7-13-15-12(10-19-13)5-6-14(17)18/h5-6,10-11H,2-4,7-9H2,1H3,(H,17,18)/b6-5+. The molecule has 0 amide bonds. The van der Waals surface area contributed by atoms with Crippen molar-refractivity contribution in [2.75, 3.05) is 13.1 Å². The normalized spacial score (nSPS) is 21.0. The fourth-order valence-corrected chi connectivity index (χ4v) is 3.16. The summed E-state index contributed by atoms with van der Waals surface area (Å²) in [6, 6.07) is 0.681. The van der Waals surface area contributed by atoms with E-state index in [1.807, 2.05) is 5.38 Å². The molecular formula is C14H20N2O2S. The van der Waals surface area contributed by atoms with E-state index in [2.05, 4.69) is 16.8 Å². The van der Waals surface area contributed by atoms with E-state index in [1.54, 1.807) is 17.4 Å². The second kappa shape index (κ2) is 6.82. The van der Waals surface area contributed by atoms with Crippen molar-refractivity contribution in [3.05, 3.63) is 22.2 Å². The first kappa shape index (κ1) is 14.2. The fourth-order valence-electron chi connectivity index (χ4n) is 2.40. The van der Waals surface area contributed by atoms with Gasteiger partial charge in [-0.05, 0) is 32.4 Å². The third-order valence-corrected chi connectivity index (χ3v) is 4.45. The van der Waals surface area contributed by atoms with Crippen LogP contribution in [0.15, 0.2) is 11.5 Å². The predicted octanol–water partition coefficient (Wildman–Crippen LogP) is 2.66. The Bertz CT molecular complexity index is 456. The van der Waals surface area contributed by atoms with Crippen LogP contribution in [0.4, 0.5) is 0 Å². The lowest BCUT2D eigenvalue weighted by molar-refractivity contribution is -0.131. The molecule has 0 bridgehead atoms. The van der Waals surface area contributed by atoms with Gasteiger partial charge in [0.1, 0.15) is 0 Å². The lowest BCUT2D eigenvalue weighted by atomic mass is 10.0. The summed E-state index contributed by atoms with van der Waals surface area (Å²) in [4.78, 5) is 17.4. The molecule has 1 N–H and O–H groups in total. The van der Waals surface area contributed by atoms with Crippen molar-refractivity contribution in [1.29, 1.82) is 0 Å². The van der Waals surface area contributed by atoms with Crippen molar-refractivity contribution in [3.8, 4) is 0 Å². The molecular weight excluding hydrogens is 260 g/mol. The minimum Gasteiger partial charge on any atom is -0.478 e. The Balaban J connectivity index is 1.84. The van der Waals surface area contributed by atoms with E-state index in [1.165, 1.54) is 25.8 Å². The molecule has 0 saturated carbocycles. The summed E-state index contributed by atoms with van der Waals surface area (Å²) in [5.74, 6) is -0.934. The average Bonchev–Trinajstić information content (AvgIpc) is 2.83. The average molecular weight is 280 g/mol. The Kier molecular flexibility index (Phi) is 5.10. The molecule has 5 heteroatoms. The third kappa shape index (κ3) is 4.44. The minimum absolute atomic E-state index is 0.681. The number of carboxylic acids is 1. The maximum Gasteiger partial charge on any atom is 0.328 e. The van der Waals surface area contributed by atoms with Gasteiger partial charge in [0.25, 0.3) is 0 Å². The molecule has 1 aromatic rings. The molecule has 2 rings (SSSR count). The highest BCUT2D eigenvalue weighted by molar-refractivity contribution is 7.09. The van der Waals surface area contributed by atoms with Crippen molar-refractivity contribution in [2.24, 2.45) is 0 Å². The van der Waals surface area contributed by atoms with Crippen LogP contribution in [0.2, 0.25) is 0 Å². The van der Waals surface area contributed by atoms with E-state index in [-0.39, 0.29) is 0 Å². The lowest BCUT2D eigenvalue weighted by Crippen LogP contribution is -2.38. The van der Waals surface area contributed by atoms with Crippen molar-refractivity contribution in [2.45, 2.75) is 38.6 Å². The smallest absolute Gasteiger partial charge is 0.328 e. The monoisotopic (exact) mass is 280 g/mol. The number of thiazole rings is 1. The molecule has 0 aromatic carbocycles. The summed E-state index contributed by atoms with van der Waals surface area (Å²) < 4.78 is 0. The quantitative estimate of drug-likeness (QED) is 0.843. The number of aliphatic carboxylic acids is 1. The number of rotatable bonds is 5. The van der Waals surface area contributed by atoms with Crippen LogP contribution in [0, 0.1) is 0 Å². The molecule has 0 radical (unpaired) electrons. The summed E-state index contributed by atoms with van der Waals surface area (Å²) in [6.07, 6.45) is 7.58. The van der Waals surface area contributed by atoms with Crippen molar-refractivity contribution >= 4 is 23.4 Å². The van der Waals surface area contributed by atoms with Crippen LogP contribution in [0.1, 0.15) is 36.9 Å². The van der Waals surface area contributed by atoms with Gasteiger partial charge in [-0.1, -0.05) is 6.42 Å². The van der Waals surface area contributed by atoms with E-state index < -0.39 is 5.97 Å². The molecule has 104 valence electrons. The van der Waals surface area contributed by atoms with Gasteiger partial charge >= 0.3 is 5.97 Å². The number of likely N-dealkylation sites (tertiary alicyclic amines) is 1. The van der Waals surface area contributed by atoms with Gasteiger partial charge in [-0.25, -0.2) is 9.78 Å². The zero-order valence-corrected chi connectivity index (χ0v) is 12.0. The highest BCUT2D eigenvalue weighted by Gasteiger charge is 2.17. The minimum atomic E-state index is -0.934. The summed E-state index contributed by atoms with van der Waals surface area (Å²) in [5.41, 5.74) is 0.745. The van der Waals surface area contributed by atoms with Crippen LogP contribution in [0.25, 0.3) is 6.08 Å². The van der Waals surface area contributed by atoms with Crippen LogP contribution < -0.4 is 0 Å². The van der Waals surface area contributed by atoms with Gasteiger partial charge in [-0.15, -0.1) is 11.3 Å². The van der Waals surface area contributed by atoms with Crippen LogP contribution in [0.5, 0.6) is 0 Å². The molecule has 1 unspecified atom stereocenters. The number of carbonyl (C=O) groups is 1. The first-order chi connectivity index (χ1) is 9.15. The highest BCUT2D eigenvalue weighted by atomic mass is 32.1. The topological polar surface area (TPSA) is 53.4 Å². The second-order valence-electron chi connectivity index (χ2n) is 4.97. The number of nitrogens with zero attached hydrogens (tertiary/aromatic N) is 2. The second-order valence-corrected chi connectivity index (χ2v) is 5.91. The van der Waals surface area contributed by atoms with Gasteiger partial charge in [-0.2, -0.15) is 0 Å². The molecule has 1 aromatic heterocycles. The number of hydrogen-bond donors (Lipinski definition) is 1. The summed E-state index contributed by atoms with van der Waals surface area (Å²) in [5, 5.41) is 11.6. The van der Waals surface area contributed by atoms with Crippen LogP contribution in [-0.4, -0.2) is 40.1 Å². The van der Waals surface area contributed by atoms with Crippen LogP contribution in [-0.2, 0) is 11.2 Å². The van der Waals surface area contributed by atoms with Gasteiger partial charge < -0.3 is 10.0 Å². The van der Waals surface area contributed by atoms with Crippen LogP contribution >= 0.6 is 11.3 Å². The zero-order chi connectivity index (χ0) is 13.7. The fraction of sp³-hybridized carbons (Fsp3) is 0.571. The van der Waals surface area contributed by atoms with Crippen molar-refractivity contribution in [3.63, 3.8) is 0 Å². The van der Waals surface area contributed by atoms with E-state index >= 15 is 0 Å². The van der Waals surface area contributed by atoms with Gasteiger partial charge in [-0.3, -0.25) is 0 Å². The van der Waals surface area contributed by atoms with Gasteiger partial charge in [0, 0.05) is 30.5 Å². The van der Waals surface area contributed by atoms with Crippen LogP contribution in [0.3, 0.4) is 0 Å². The maximum atomic E-state index is 10.4. The highest BCUT2D eigenvalue weighted by Crippen LogP contribution is 2.18. The zero-order valence-electron chi connectivity index (χ0n) is 11.2. The molecule has 2 heterocycles. The van der Waals surface area contributed by atoms with E-state index in [4.69, 9.17) is 5.11 Å². The molecule has 19 heavy (non-hydrogen) atoms. The predicted molar refractivity (Wildman–Crippen MR) is 77.4 cm³/mol. The number of piperidine rings is 1. The third-order valence-electron chi connectivity index (χ3n) is 3.52. The van der Waals surface area contributed by atoms with Gasteiger partial charge in [0.15, 0.2) is 0 Å². The Labute approximate surface area is 117 Å². The van der Waals surface area contributed by atoms with E-state index in [0.717, 1.165) is 29.7 Å². The number of hydrogen-bond acceptors (Lipinski definition) is 4. The summed E-state index contributed by atoms with van der Waals surface area (Å²) >= 11 is 1.61. The SMILES string of the molecule is CC1CCCCN1CCc1nc(/C=C/C(=O)O)cs1. The van der Waals surface area contributed by atoms with Crippen molar-refractivity contribution < 1.29 is 9.90 Å². The summed E-state index contributed by atoms with van der Waals surface area (Å²) in [6.45, 7) is 4.54. The molecule has 1 atom stereocenters. The van der Waals surface area contributed by atoms with Gasteiger partial charge in [0.2, 0.25) is 0 Å². The number of carboxylic acid groups (broad SMARTS) is 1. The maximum absolute atomic E-state index is 10.4. The first-order valence-electron chi connectivity index (χ1n) is 6.74. The Morgan fingerprint density at radius 1 is 1.63 bits per heavy atom. The lowest BCUT2D eigenvalue weighted by Gasteiger charge is -2.32. The molecule has 0 aliphatic carbocycles. The molecule has 4 nitrogen and oxygen atoms in total. The summed E-state index contributed by atoms with van der Waals surface area (Å²) in [7, 11) is 0. The van der Waals surface area contributed by atoms with E-state index in [0.29, 0.717) is 6.04 Å². The molecule has 1 aliphatic heterocycles. The Morgan fingerprint density at radius 2 is 2.47 bits per heavy atom. The molecule has 1 saturated heterocycles. The molecule has 0 spiro atoms. The Hall–Kier alpha value is -1.20. The molecule has 1 aliphatic rings. The Morgan fingerprint density at radius 3 is 3.21 bits per heavy atom. The van der Waals surface area contributed by atoms with Gasteiger partial charge in [0.05, 0.1) is 10.7 Å². The number of aromatic nitrogens is 1. The van der Waals surface area contributed by atoms with Crippen molar-refractivity contribution in [1.82, 2.24) is 9.88 Å².